The van der Waals surface area contributed by atoms with Crippen LogP contribution in [0.5, 0.6) is 5.75 Å². The van der Waals surface area contributed by atoms with E-state index in [2.05, 4.69) is 0 Å². The van der Waals surface area contributed by atoms with Gasteiger partial charge in [-0.25, -0.2) is 0 Å². The van der Waals surface area contributed by atoms with Crippen LogP contribution in [0.1, 0.15) is 44.1 Å². The Kier molecular flexibility index (Phi) is 4.62. The van der Waals surface area contributed by atoms with Crippen LogP contribution in [0.25, 0.3) is 0 Å². The molecule has 1 fully saturated rings. The maximum Gasteiger partial charge on any atom is 0.303 e. The van der Waals surface area contributed by atoms with Gasteiger partial charge in [0, 0.05) is 6.42 Å². The fraction of sp³-hybridized carbons (Fsp3) is 0.533. The molecule has 1 aliphatic rings. The lowest BCUT2D eigenvalue weighted by molar-refractivity contribution is -0.137. The quantitative estimate of drug-likeness (QED) is 0.839. The summed E-state index contributed by atoms with van der Waals surface area (Å²) in [5.74, 6) is 0.207. The molecule has 0 aromatic heterocycles. The highest BCUT2D eigenvalue weighted by molar-refractivity contribution is 5.66. The van der Waals surface area contributed by atoms with E-state index in [0.29, 0.717) is 12.5 Å². The Bertz CT molecular complexity index is 394. The van der Waals surface area contributed by atoms with Crippen molar-refractivity contribution in [3.05, 3.63) is 29.8 Å². The molecule has 1 aliphatic carbocycles. The SMILES string of the molecule is O=C(O)CCCc1ccccc1OC1CCCC1. The van der Waals surface area contributed by atoms with Crippen LogP contribution in [0.2, 0.25) is 0 Å². The van der Waals surface area contributed by atoms with Gasteiger partial charge >= 0.3 is 5.97 Å². The van der Waals surface area contributed by atoms with Gasteiger partial charge in [-0.15, -0.1) is 0 Å². The number of hydrogen-bond donors (Lipinski definition) is 1. The predicted molar refractivity (Wildman–Crippen MR) is 69.9 cm³/mol. The van der Waals surface area contributed by atoms with Gasteiger partial charge in [0.05, 0.1) is 6.10 Å². The number of hydrogen-bond acceptors (Lipinski definition) is 2. The number of para-hydroxylation sites is 1. The number of rotatable bonds is 6. The Labute approximate surface area is 108 Å². The summed E-state index contributed by atoms with van der Waals surface area (Å²) >= 11 is 0. The van der Waals surface area contributed by atoms with Crippen molar-refractivity contribution in [2.24, 2.45) is 0 Å². The van der Waals surface area contributed by atoms with Gasteiger partial charge in [-0.05, 0) is 50.2 Å². The summed E-state index contributed by atoms with van der Waals surface area (Å²) in [6.45, 7) is 0. The van der Waals surface area contributed by atoms with E-state index in [4.69, 9.17) is 9.84 Å². The van der Waals surface area contributed by atoms with Crippen molar-refractivity contribution in [1.29, 1.82) is 0 Å². The molecule has 1 N–H and O–H groups in total. The molecule has 2 rings (SSSR count). The van der Waals surface area contributed by atoms with Crippen LogP contribution in [-0.2, 0) is 11.2 Å². The second kappa shape index (κ2) is 6.43. The number of carboxylic acids is 1. The summed E-state index contributed by atoms with van der Waals surface area (Å²) in [6.07, 6.45) is 6.81. The molecular weight excluding hydrogens is 228 g/mol. The second-order valence-electron chi connectivity index (χ2n) is 4.88. The highest BCUT2D eigenvalue weighted by Crippen LogP contribution is 2.27. The lowest BCUT2D eigenvalue weighted by atomic mass is 10.1. The molecule has 0 unspecified atom stereocenters. The molecule has 0 bridgehead atoms. The number of aryl methyl sites for hydroxylation is 1. The summed E-state index contributed by atoms with van der Waals surface area (Å²) in [5, 5.41) is 8.66. The van der Waals surface area contributed by atoms with Crippen molar-refractivity contribution < 1.29 is 14.6 Å². The van der Waals surface area contributed by atoms with Crippen LogP contribution in [0, 0.1) is 0 Å². The van der Waals surface area contributed by atoms with Crippen molar-refractivity contribution in [2.45, 2.75) is 51.0 Å². The van der Waals surface area contributed by atoms with E-state index in [9.17, 15) is 4.79 Å². The molecule has 98 valence electrons. The fourth-order valence-electron chi connectivity index (χ4n) is 2.44. The minimum absolute atomic E-state index is 0.220. The topological polar surface area (TPSA) is 46.5 Å². The van der Waals surface area contributed by atoms with Gasteiger partial charge in [-0.3, -0.25) is 4.79 Å². The predicted octanol–water partition coefficient (Wildman–Crippen LogP) is 3.42. The average Bonchev–Trinajstić information content (AvgIpc) is 2.84. The van der Waals surface area contributed by atoms with Crippen molar-refractivity contribution in [1.82, 2.24) is 0 Å². The summed E-state index contributed by atoms with van der Waals surface area (Å²) in [7, 11) is 0. The Balaban J connectivity index is 1.93. The molecule has 0 radical (unpaired) electrons. The molecule has 18 heavy (non-hydrogen) atoms. The number of benzene rings is 1. The van der Waals surface area contributed by atoms with E-state index < -0.39 is 5.97 Å². The number of carboxylic acid groups (broad SMARTS) is 1. The van der Waals surface area contributed by atoms with Crippen molar-refractivity contribution in [2.75, 3.05) is 0 Å². The summed E-state index contributed by atoms with van der Waals surface area (Å²) in [4.78, 5) is 10.5. The Hall–Kier alpha value is -1.51. The molecule has 0 aliphatic heterocycles. The van der Waals surface area contributed by atoms with Gasteiger partial charge in [-0.2, -0.15) is 0 Å². The third-order valence-corrected chi connectivity index (χ3v) is 3.41. The van der Waals surface area contributed by atoms with E-state index in [1.54, 1.807) is 0 Å². The van der Waals surface area contributed by atoms with Crippen LogP contribution in [0.15, 0.2) is 24.3 Å². The van der Waals surface area contributed by atoms with Gasteiger partial charge in [0.15, 0.2) is 0 Å². The molecule has 0 amide bonds. The largest absolute Gasteiger partial charge is 0.490 e. The monoisotopic (exact) mass is 248 g/mol. The highest BCUT2D eigenvalue weighted by atomic mass is 16.5. The summed E-state index contributed by atoms with van der Waals surface area (Å²) < 4.78 is 6.02. The van der Waals surface area contributed by atoms with Crippen molar-refractivity contribution in [3.8, 4) is 5.75 Å². The maximum absolute atomic E-state index is 10.5. The standard InChI is InChI=1S/C15H20O3/c16-15(17)11-5-7-12-6-1-4-10-14(12)18-13-8-2-3-9-13/h1,4,6,10,13H,2-3,5,7-9,11H2,(H,16,17). The zero-order valence-electron chi connectivity index (χ0n) is 10.6. The number of carbonyl (C=O) groups is 1. The summed E-state index contributed by atoms with van der Waals surface area (Å²) in [6, 6.07) is 7.99. The molecule has 3 nitrogen and oxygen atoms in total. The van der Waals surface area contributed by atoms with E-state index in [-0.39, 0.29) is 6.42 Å². The van der Waals surface area contributed by atoms with Crippen molar-refractivity contribution >= 4 is 5.97 Å². The molecule has 1 saturated carbocycles. The van der Waals surface area contributed by atoms with Crippen molar-refractivity contribution in [3.63, 3.8) is 0 Å². The van der Waals surface area contributed by atoms with E-state index in [0.717, 1.165) is 30.6 Å². The molecule has 1 aromatic rings. The maximum atomic E-state index is 10.5. The van der Waals surface area contributed by atoms with E-state index in [1.807, 2.05) is 24.3 Å². The lowest BCUT2D eigenvalue weighted by Crippen LogP contribution is -2.12. The number of ether oxygens (including phenoxy) is 1. The Morgan fingerprint density at radius 3 is 2.72 bits per heavy atom. The number of aliphatic carboxylic acids is 1. The van der Waals surface area contributed by atoms with Crippen LogP contribution < -0.4 is 4.74 Å². The zero-order valence-corrected chi connectivity index (χ0v) is 10.6. The van der Waals surface area contributed by atoms with Crippen LogP contribution in [0.4, 0.5) is 0 Å². The van der Waals surface area contributed by atoms with Gasteiger partial charge in [-0.1, -0.05) is 18.2 Å². The third-order valence-electron chi connectivity index (χ3n) is 3.41. The first kappa shape index (κ1) is 12.9. The molecule has 0 spiro atoms. The Morgan fingerprint density at radius 2 is 2.00 bits per heavy atom. The second-order valence-corrected chi connectivity index (χ2v) is 4.88. The van der Waals surface area contributed by atoms with Crippen LogP contribution in [-0.4, -0.2) is 17.2 Å². The van der Waals surface area contributed by atoms with Gasteiger partial charge in [0.1, 0.15) is 5.75 Å². The molecular formula is C15H20O3. The molecule has 1 aromatic carbocycles. The molecule has 3 heteroatoms. The highest BCUT2D eigenvalue weighted by Gasteiger charge is 2.17. The van der Waals surface area contributed by atoms with E-state index >= 15 is 0 Å². The minimum atomic E-state index is -0.732. The first-order chi connectivity index (χ1) is 8.75. The Morgan fingerprint density at radius 1 is 1.28 bits per heavy atom. The first-order valence-electron chi connectivity index (χ1n) is 6.72. The van der Waals surface area contributed by atoms with Gasteiger partial charge in [0.25, 0.3) is 0 Å². The summed E-state index contributed by atoms with van der Waals surface area (Å²) in [5.41, 5.74) is 1.13. The van der Waals surface area contributed by atoms with Gasteiger partial charge in [0.2, 0.25) is 0 Å². The van der Waals surface area contributed by atoms with E-state index in [1.165, 1.54) is 12.8 Å². The fourth-order valence-corrected chi connectivity index (χ4v) is 2.44. The molecule has 0 saturated heterocycles. The first-order valence-corrected chi connectivity index (χ1v) is 6.72. The lowest BCUT2D eigenvalue weighted by Gasteiger charge is -2.16. The van der Waals surface area contributed by atoms with Crippen LogP contribution in [0.3, 0.4) is 0 Å². The smallest absolute Gasteiger partial charge is 0.303 e. The molecule has 0 heterocycles. The average molecular weight is 248 g/mol. The van der Waals surface area contributed by atoms with Crippen LogP contribution >= 0.6 is 0 Å². The third kappa shape index (κ3) is 3.76. The normalized spacial score (nSPS) is 15.8. The molecule has 0 atom stereocenters. The minimum Gasteiger partial charge on any atom is -0.490 e. The van der Waals surface area contributed by atoms with Gasteiger partial charge < -0.3 is 9.84 Å². The zero-order chi connectivity index (χ0) is 12.8.